The second-order valence-electron chi connectivity index (χ2n) is 13.9. The van der Waals surface area contributed by atoms with Gasteiger partial charge < -0.3 is 28.8 Å². The fourth-order valence-electron chi connectivity index (χ4n) is 6.98. The third-order valence-electron chi connectivity index (χ3n) is 9.95. The van der Waals surface area contributed by atoms with Gasteiger partial charge in [0.15, 0.2) is 0 Å². The molecule has 5 atom stereocenters. The maximum Gasteiger partial charge on any atom is 0.222 e. The Hall–Kier alpha value is -4.28. The Bertz CT molecular complexity index is 2070. The van der Waals surface area contributed by atoms with Gasteiger partial charge in [0.25, 0.3) is 0 Å². The van der Waals surface area contributed by atoms with Crippen molar-refractivity contribution in [2.45, 2.75) is 67.9 Å². The van der Waals surface area contributed by atoms with E-state index in [1.54, 1.807) is 11.8 Å². The number of thioether (sulfide) groups is 1. The highest BCUT2D eigenvalue weighted by atomic mass is 35.5. The molecule has 0 amide bonds. The molecule has 0 spiro atoms. The highest BCUT2D eigenvalue weighted by molar-refractivity contribution is 7.98. The van der Waals surface area contributed by atoms with E-state index in [9.17, 15) is 5.11 Å². The second-order valence-corrected chi connectivity index (χ2v) is 15.2. The lowest BCUT2D eigenvalue weighted by Gasteiger charge is -2.50. The minimum Gasteiger partial charge on any atom is -0.374 e. The van der Waals surface area contributed by atoms with Gasteiger partial charge in [-0.15, -0.1) is 11.8 Å². The van der Waals surface area contributed by atoms with Crippen molar-refractivity contribution in [3.63, 3.8) is 0 Å². The number of hydrogen-bond acceptors (Lipinski definition) is 7. The predicted molar refractivity (Wildman–Crippen MR) is 222 cm³/mol. The molecule has 0 bridgehead atoms. The summed E-state index contributed by atoms with van der Waals surface area (Å²) in [6, 6.07) is 53.8. The minimum atomic E-state index is -1.99. The number of benzene rings is 6. The van der Waals surface area contributed by atoms with E-state index in [4.69, 9.17) is 35.3 Å². The van der Waals surface area contributed by atoms with Gasteiger partial charge in [-0.1, -0.05) is 151 Å². The van der Waals surface area contributed by atoms with Crippen LogP contribution in [-0.4, -0.2) is 42.4 Å². The van der Waals surface area contributed by atoms with Crippen molar-refractivity contribution in [1.82, 2.24) is 0 Å². The van der Waals surface area contributed by atoms with Crippen LogP contribution in [0.3, 0.4) is 0 Å². The molecule has 0 radical (unpaired) electrons. The van der Waals surface area contributed by atoms with Crippen molar-refractivity contribution >= 4 is 23.4 Å². The zero-order valence-electron chi connectivity index (χ0n) is 31.4. The summed E-state index contributed by atoms with van der Waals surface area (Å²) >= 11 is 8.57. The standard InChI is InChI=1S/C48H47ClO6S/c1-56-42-25-22-35(23-26-42)28-40-29-41(24-27-43(40)49)48(50)47(54-33-39-20-12-5-13-21-39)46(53-32-38-18-10-4-11-19-38)45(52-31-37-16-8-3-9-17-37)44(55-48)34-51-30-36-14-6-2-7-15-36/h2-27,29,44-47,50H,28,30-34H2,1H3/t44-,45-,46+,47-,48?/m1/s1. The van der Waals surface area contributed by atoms with E-state index in [2.05, 4.69) is 30.5 Å². The fraction of sp³-hybridized carbons (Fsp3) is 0.250. The number of aliphatic hydroxyl groups is 1. The van der Waals surface area contributed by atoms with E-state index >= 15 is 0 Å². The van der Waals surface area contributed by atoms with E-state index < -0.39 is 30.2 Å². The molecule has 6 aromatic rings. The Morgan fingerprint density at radius 1 is 0.589 bits per heavy atom. The molecular formula is C48H47ClO6S. The summed E-state index contributed by atoms with van der Waals surface area (Å²) in [5.41, 5.74) is 6.38. The Kier molecular flexibility index (Phi) is 14.1. The Labute approximate surface area is 339 Å². The average molecular weight is 787 g/mol. The lowest BCUT2D eigenvalue weighted by molar-refractivity contribution is -0.378. The van der Waals surface area contributed by atoms with Crippen molar-refractivity contribution in [1.29, 1.82) is 0 Å². The first-order valence-corrected chi connectivity index (χ1v) is 20.5. The van der Waals surface area contributed by atoms with Gasteiger partial charge in [0.2, 0.25) is 5.79 Å². The molecule has 1 heterocycles. The third kappa shape index (κ3) is 10.4. The number of rotatable bonds is 17. The van der Waals surface area contributed by atoms with E-state index in [0.29, 0.717) is 30.2 Å². The average Bonchev–Trinajstić information content (AvgIpc) is 3.24. The largest absolute Gasteiger partial charge is 0.374 e. The molecule has 1 fully saturated rings. The molecule has 1 aliphatic heterocycles. The molecule has 1 aliphatic rings. The lowest BCUT2D eigenvalue weighted by atomic mass is 9.86. The van der Waals surface area contributed by atoms with E-state index in [0.717, 1.165) is 33.4 Å². The van der Waals surface area contributed by atoms with Gasteiger partial charge in [0.1, 0.15) is 24.4 Å². The molecule has 8 heteroatoms. The monoisotopic (exact) mass is 786 g/mol. The highest BCUT2D eigenvalue weighted by Crippen LogP contribution is 2.43. The van der Waals surface area contributed by atoms with Crippen LogP contribution in [0.2, 0.25) is 5.02 Å². The zero-order chi connectivity index (χ0) is 38.6. The maximum atomic E-state index is 13.2. The van der Waals surface area contributed by atoms with E-state index in [-0.39, 0.29) is 19.8 Å². The van der Waals surface area contributed by atoms with Crippen LogP contribution in [0.4, 0.5) is 0 Å². The summed E-state index contributed by atoms with van der Waals surface area (Å²) in [5.74, 6) is -1.99. The number of ether oxygens (including phenoxy) is 5. The molecule has 0 aromatic heterocycles. The number of hydrogen-bond donors (Lipinski definition) is 1. The molecule has 56 heavy (non-hydrogen) atoms. The summed E-state index contributed by atoms with van der Waals surface area (Å²) in [6.45, 7) is 1.22. The Balaban J connectivity index is 1.29. The van der Waals surface area contributed by atoms with Gasteiger partial charge in [-0.2, -0.15) is 0 Å². The second kappa shape index (κ2) is 19.7. The van der Waals surface area contributed by atoms with E-state index in [1.165, 1.54) is 4.90 Å². The summed E-state index contributed by atoms with van der Waals surface area (Å²) < 4.78 is 33.7. The number of halogens is 1. The quantitative estimate of drug-likeness (QED) is 0.0924. The molecule has 1 unspecified atom stereocenters. The van der Waals surface area contributed by atoms with Crippen LogP contribution in [-0.2, 0) is 62.3 Å². The molecule has 1 N–H and O–H groups in total. The topological polar surface area (TPSA) is 66.4 Å². The van der Waals surface area contributed by atoms with Crippen molar-refractivity contribution < 1.29 is 28.8 Å². The molecule has 6 nitrogen and oxygen atoms in total. The normalized spacial score (nSPS) is 20.8. The van der Waals surface area contributed by atoms with Crippen molar-refractivity contribution in [3.8, 4) is 0 Å². The van der Waals surface area contributed by atoms with Gasteiger partial charge in [-0.25, -0.2) is 0 Å². The summed E-state index contributed by atoms with van der Waals surface area (Å²) in [7, 11) is 0. The smallest absolute Gasteiger partial charge is 0.222 e. The molecule has 288 valence electrons. The van der Waals surface area contributed by atoms with Gasteiger partial charge >= 0.3 is 0 Å². The molecule has 7 rings (SSSR count). The molecule has 6 aromatic carbocycles. The zero-order valence-corrected chi connectivity index (χ0v) is 33.0. The molecular weight excluding hydrogens is 740 g/mol. The Morgan fingerprint density at radius 3 is 1.62 bits per heavy atom. The van der Waals surface area contributed by atoms with Crippen molar-refractivity contribution in [2.75, 3.05) is 12.9 Å². The lowest BCUT2D eigenvalue weighted by Crippen LogP contribution is -2.65. The van der Waals surface area contributed by atoms with Crippen molar-refractivity contribution in [2.24, 2.45) is 0 Å². The van der Waals surface area contributed by atoms with Crippen LogP contribution in [0.25, 0.3) is 0 Å². The molecule has 0 saturated carbocycles. The van der Waals surface area contributed by atoms with Gasteiger partial charge in [0, 0.05) is 15.5 Å². The first-order valence-electron chi connectivity index (χ1n) is 18.9. The minimum absolute atomic E-state index is 0.121. The first-order chi connectivity index (χ1) is 27.5. The predicted octanol–water partition coefficient (Wildman–Crippen LogP) is 10.2. The van der Waals surface area contributed by atoms with E-state index in [1.807, 2.05) is 140 Å². The summed E-state index contributed by atoms with van der Waals surface area (Å²) in [6.07, 6.45) is -0.671. The summed E-state index contributed by atoms with van der Waals surface area (Å²) in [4.78, 5) is 1.18. The fourth-order valence-corrected chi connectivity index (χ4v) is 7.57. The van der Waals surface area contributed by atoms with Crippen LogP contribution >= 0.6 is 23.4 Å². The summed E-state index contributed by atoms with van der Waals surface area (Å²) in [5, 5.41) is 13.8. The molecule has 1 saturated heterocycles. The van der Waals surface area contributed by atoms with Crippen molar-refractivity contribution in [3.05, 3.63) is 208 Å². The van der Waals surface area contributed by atoms with Crippen LogP contribution in [0.1, 0.15) is 38.9 Å². The van der Waals surface area contributed by atoms with Gasteiger partial charge in [-0.05, 0) is 70.3 Å². The van der Waals surface area contributed by atoms with Crippen LogP contribution in [0, 0.1) is 0 Å². The highest BCUT2D eigenvalue weighted by Gasteiger charge is 2.57. The third-order valence-corrected chi connectivity index (χ3v) is 11.1. The van der Waals surface area contributed by atoms with Crippen LogP contribution < -0.4 is 0 Å². The van der Waals surface area contributed by atoms with Crippen LogP contribution in [0.5, 0.6) is 0 Å². The SMILES string of the molecule is CSc1ccc(Cc2cc(C3(O)O[C@H](COCc4ccccc4)[C@@H](OCc4ccccc4)[C@H](OCc4ccccc4)[C@H]3OCc3ccccc3)ccc2Cl)cc1. The van der Waals surface area contributed by atoms with Crippen LogP contribution in [0.15, 0.2) is 169 Å². The Morgan fingerprint density at radius 2 is 1.09 bits per heavy atom. The first kappa shape index (κ1) is 39.9. The molecule has 0 aliphatic carbocycles. The maximum absolute atomic E-state index is 13.2. The van der Waals surface area contributed by atoms with Gasteiger partial charge in [-0.3, -0.25) is 0 Å². The van der Waals surface area contributed by atoms with Gasteiger partial charge in [0.05, 0.1) is 33.0 Å².